The molecule has 0 spiro atoms. The van der Waals surface area contributed by atoms with Crippen LogP contribution >= 0.6 is 15.9 Å². The zero-order chi connectivity index (χ0) is 11.6. The number of nitrogens with one attached hydrogen (secondary N) is 1. The predicted molar refractivity (Wildman–Crippen MR) is 58.0 cm³/mol. The first-order valence-electron chi connectivity index (χ1n) is 4.27. The van der Waals surface area contributed by atoms with E-state index in [9.17, 15) is 13.6 Å². The van der Waals surface area contributed by atoms with Crippen molar-refractivity contribution in [2.24, 2.45) is 0 Å². The molecule has 1 aromatic carbocycles. The van der Waals surface area contributed by atoms with E-state index in [1.54, 1.807) is 13.8 Å². The molecule has 1 rings (SSSR count). The summed E-state index contributed by atoms with van der Waals surface area (Å²) < 4.78 is 25.4. The van der Waals surface area contributed by atoms with Crippen LogP contribution in [-0.2, 0) is 4.79 Å². The van der Waals surface area contributed by atoms with Crippen LogP contribution in [0.3, 0.4) is 0 Å². The van der Waals surface area contributed by atoms with Crippen molar-refractivity contribution in [2.75, 3.05) is 5.32 Å². The zero-order valence-corrected chi connectivity index (χ0v) is 9.86. The standard InChI is InChI=1S/C10H10BrF2NO/c1-10(2,11)9(15)14-8-6(12)4-3-5-7(8)13/h3-5H,1-2H3,(H,14,15). The molecule has 5 heteroatoms. The summed E-state index contributed by atoms with van der Waals surface area (Å²) in [5.41, 5.74) is -0.421. The second-order valence-corrected chi connectivity index (χ2v) is 5.51. The van der Waals surface area contributed by atoms with Crippen molar-refractivity contribution < 1.29 is 13.6 Å². The number of hydrogen-bond acceptors (Lipinski definition) is 1. The first kappa shape index (κ1) is 12.1. The molecule has 0 unspecified atom stereocenters. The minimum absolute atomic E-state index is 0.421. The highest BCUT2D eigenvalue weighted by Gasteiger charge is 2.25. The molecule has 0 heterocycles. The number of halogens is 3. The Balaban J connectivity index is 2.95. The Bertz CT molecular complexity index is 367. The molecule has 0 saturated carbocycles. The zero-order valence-electron chi connectivity index (χ0n) is 8.27. The van der Waals surface area contributed by atoms with Crippen molar-refractivity contribution in [1.82, 2.24) is 0 Å². The van der Waals surface area contributed by atoms with Gasteiger partial charge in [0.2, 0.25) is 5.91 Å². The summed E-state index contributed by atoms with van der Waals surface area (Å²) in [6, 6.07) is 3.40. The second kappa shape index (κ2) is 4.26. The van der Waals surface area contributed by atoms with E-state index in [1.807, 2.05) is 0 Å². The summed E-state index contributed by atoms with van der Waals surface area (Å²) in [5.74, 6) is -2.09. The van der Waals surface area contributed by atoms with Gasteiger partial charge in [-0.3, -0.25) is 4.79 Å². The third kappa shape index (κ3) is 2.99. The van der Waals surface area contributed by atoms with E-state index in [0.29, 0.717) is 0 Å². The highest BCUT2D eigenvalue weighted by Crippen LogP contribution is 2.22. The number of anilines is 1. The summed E-state index contributed by atoms with van der Waals surface area (Å²) >= 11 is 3.09. The summed E-state index contributed by atoms with van der Waals surface area (Å²) in [5, 5.41) is 2.18. The van der Waals surface area contributed by atoms with Crippen LogP contribution in [0.5, 0.6) is 0 Å². The lowest BCUT2D eigenvalue weighted by atomic mass is 10.2. The van der Waals surface area contributed by atoms with E-state index >= 15 is 0 Å². The van der Waals surface area contributed by atoms with E-state index < -0.39 is 27.6 Å². The lowest BCUT2D eigenvalue weighted by molar-refractivity contribution is -0.117. The van der Waals surface area contributed by atoms with Gasteiger partial charge < -0.3 is 5.32 Å². The summed E-state index contributed by atoms with van der Waals surface area (Å²) in [4.78, 5) is 11.4. The van der Waals surface area contributed by atoms with E-state index in [0.717, 1.165) is 12.1 Å². The van der Waals surface area contributed by atoms with Crippen LogP contribution in [0.2, 0.25) is 0 Å². The van der Waals surface area contributed by atoms with Gasteiger partial charge >= 0.3 is 0 Å². The van der Waals surface area contributed by atoms with Gasteiger partial charge in [-0.15, -0.1) is 0 Å². The minimum atomic E-state index is -0.873. The molecule has 0 aliphatic heterocycles. The second-order valence-electron chi connectivity index (χ2n) is 3.52. The highest BCUT2D eigenvalue weighted by molar-refractivity contribution is 9.10. The number of para-hydroxylation sites is 1. The molecule has 0 aliphatic rings. The molecule has 1 N–H and O–H groups in total. The molecular weight excluding hydrogens is 268 g/mol. The predicted octanol–water partition coefficient (Wildman–Crippen LogP) is 3.08. The van der Waals surface area contributed by atoms with E-state index in [2.05, 4.69) is 21.2 Å². The Morgan fingerprint density at radius 2 is 1.80 bits per heavy atom. The van der Waals surface area contributed by atoms with Gasteiger partial charge in [-0.25, -0.2) is 8.78 Å². The maximum absolute atomic E-state index is 13.1. The van der Waals surface area contributed by atoms with Crippen molar-refractivity contribution >= 4 is 27.5 Å². The number of carbonyl (C=O) groups is 1. The number of amides is 1. The van der Waals surface area contributed by atoms with Gasteiger partial charge in [0.05, 0.1) is 4.32 Å². The average Bonchev–Trinajstić information content (AvgIpc) is 2.09. The molecule has 0 saturated heterocycles. The van der Waals surface area contributed by atoms with Crippen molar-refractivity contribution in [3.05, 3.63) is 29.8 Å². The van der Waals surface area contributed by atoms with Gasteiger partial charge in [-0.1, -0.05) is 22.0 Å². The first-order chi connectivity index (χ1) is 6.82. The Morgan fingerprint density at radius 1 is 1.33 bits per heavy atom. The lowest BCUT2D eigenvalue weighted by Crippen LogP contribution is -2.31. The Kier molecular flexibility index (Phi) is 3.44. The fraction of sp³-hybridized carbons (Fsp3) is 0.300. The third-order valence-electron chi connectivity index (χ3n) is 1.74. The smallest absolute Gasteiger partial charge is 0.240 e. The lowest BCUT2D eigenvalue weighted by Gasteiger charge is -2.16. The van der Waals surface area contributed by atoms with Crippen LogP contribution in [0.1, 0.15) is 13.8 Å². The molecule has 0 radical (unpaired) electrons. The van der Waals surface area contributed by atoms with Crippen molar-refractivity contribution in [3.8, 4) is 0 Å². The van der Waals surface area contributed by atoms with Gasteiger partial charge in [0.25, 0.3) is 0 Å². The Labute approximate surface area is 94.8 Å². The fourth-order valence-corrected chi connectivity index (χ4v) is 0.979. The van der Waals surface area contributed by atoms with Crippen molar-refractivity contribution in [3.63, 3.8) is 0 Å². The molecule has 0 bridgehead atoms. The monoisotopic (exact) mass is 277 g/mol. The molecule has 0 aromatic heterocycles. The summed E-state index contributed by atoms with van der Waals surface area (Å²) in [6.45, 7) is 3.17. The number of carbonyl (C=O) groups excluding carboxylic acids is 1. The molecule has 0 fully saturated rings. The average molecular weight is 278 g/mol. The largest absolute Gasteiger partial charge is 0.320 e. The number of alkyl halides is 1. The van der Waals surface area contributed by atoms with Crippen LogP contribution in [0, 0.1) is 11.6 Å². The van der Waals surface area contributed by atoms with Crippen molar-refractivity contribution in [1.29, 1.82) is 0 Å². The third-order valence-corrected chi connectivity index (χ3v) is 2.10. The van der Waals surface area contributed by atoms with Crippen LogP contribution in [0.15, 0.2) is 18.2 Å². The quantitative estimate of drug-likeness (QED) is 0.827. The normalized spacial score (nSPS) is 11.3. The molecule has 0 aliphatic carbocycles. The molecule has 0 atom stereocenters. The molecule has 1 aromatic rings. The van der Waals surface area contributed by atoms with Crippen LogP contribution < -0.4 is 5.32 Å². The van der Waals surface area contributed by atoms with Gasteiger partial charge in [-0.05, 0) is 26.0 Å². The molecule has 2 nitrogen and oxygen atoms in total. The summed E-state index contributed by atoms with van der Waals surface area (Å²) in [6.07, 6.45) is 0. The minimum Gasteiger partial charge on any atom is -0.320 e. The van der Waals surface area contributed by atoms with Gasteiger partial charge in [-0.2, -0.15) is 0 Å². The van der Waals surface area contributed by atoms with E-state index in [-0.39, 0.29) is 0 Å². The van der Waals surface area contributed by atoms with E-state index in [1.165, 1.54) is 6.07 Å². The van der Waals surface area contributed by atoms with Crippen molar-refractivity contribution in [2.45, 2.75) is 18.2 Å². The molecular formula is C10H10BrF2NO. The molecule has 82 valence electrons. The number of hydrogen-bond donors (Lipinski definition) is 1. The first-order valence-corrected chi connectivity index (χ1v) is 5.06. The van der Waals surface area contributed by atoms with Gasteiger partial charge in [0.1, 0.15) is 17.3 Å². The Hall–Kier alpha value is -0.970. The number of rotatable bonds is 2. The Morgan fingerprint density at radius 3 is 2.20 bits per heavy atom. The van der Waals surface area contributed by atoms with Gasteiger partial charge in [0.15, 0.2) is 0 Å². The SMILES string of the molecule is CC(C)(Br)C(=O)Nc1c(F)cccc1F. The molecule has 15 heavy (non-hydrogen) atoms. The highest BCUT2D eigenvalue weighted by atomic mass is 79.9. The summed E-state index contributed by atoms with van der Waals surface area (Å²) in [7, 11) is 0. The van der Waals surface area contributed by atoms with Crippen LogP contribution in [0.4, 0.5) is 14.5 Å². The van der Waals surface area contributed by atoms with Crippen LogP contribution in [-0.4, -0.2) is 10.2 Å². The maximum Gasteiger partial charge on any atom is 0.240 e. The fourth-order valence-electron chi connectivity index (χ4n) is 0.879. The topological polar surface area (TPSA) is 29.1 Å². The van der Waals surface area contributed by atoms with E-state index in [4.69, 9.17) is 0 Å². The molecule has 1 amide bonds. The van der Waals surface area contributed by atoms with Crippen LogP contribution in [0.25, 0.3) is 0 Å². The maximum atomic E-state index is 13.1. The number of benzene rings is 1. The van der Waals surface area contributed by atoms with Gasteiger partial charge in [0, 0.05) is 0 Å².